The van der Waals surface area contributed by atoms with E-state index in [-0.39, 0.29) is 19.2 Å². The van der Waals surface area contributed by atoms with Crippen LogP contribution in [0.25, 0.3) is 0 Å². The van der Waals surface area contributed by atoms with Gasteiger partial charge in [-0.25, -0.2) is 9.59 Å². The van der Waals surface area contributed by atoms with Gasteiger partial charge in [-0.1, -0.05) is 41.4 Å². The number of esters is 1. The van der Waals surface area contributed by atoms with Gasteiger partial charge in [0.25, 0.3) is 0 Å². The van der Waals surface area contributed by atoms with Gasteiger partial charge in [0.1, 0.15) is 12.4 Å². The number of carbonyl (C=O) groups is 2. The molecule has 0 fully saturated rings. The number of rotatable bonds is 6. The SMILES string of the molecule is CCOC(=O)C1=C(COc2ccc(C)cc2)N(C)C(=O)NC1c1cccc(Cl)c1. The fourth-order valence-electron chi connectivity index (χ4n) is 3.10. The highest BCUT2D eigenvalue weighted by Crippen LogP contribution is 2.32. The van der Waals surface area contributed by atoms with Crippen molar-refractivity contribution in [1.82, 2.24) is 10.2 Å². The molecule has 1 aliphatic rings. The zero-order valence-electron chi connectivity index (χ0n) is 16.6. The first-order valence-electron chi connectivity index (χ1n) is 9.30. The molecule has 2 aromatic carbocycles. The molecule has 1 unspecified atom stereocenters. The quantitative estimate of drug-likeness (QED) is 0.718. The van der Waals surface area contributed by atoms with Crippen molar-refractivity contribution in [2.45, 2.75) is 19.9 Å². The third-order valence-electron chi connectivity index (χ3n) is 4.65. The molecule has 1 aliphatic heterocycles. The van der Waals surface area contributed by atoms with Crippen LogP contribution in [0.4, 0.5) is 4.79 Å². The number of hydrogen-bond donors (Lipinski definition) is 1. The van der Waals surface area contributed by atoms with Crippen molar-refractivity contribution in [2.75, 3.05) is 20.3 Å². The molecule has 0 spiro atoms. The number of carbonyl (C=O) groups excluding carboxylic acids is 2. The van der Waals surface area contributed by atoms with E-state index >= 15 is 0 Å². The van der Waals surface area contributed by atoms with Crippen molar-refractivity contribution in [1.29, 1.82) is 0 Å². The van der Waals surface area contributed by atoms with Crippen LogP contribution in [0.2, 0.25) is 5.02 Å². The molecule has 0 radical (unpaired) electrons. The molecule has 3 rings (SSSR count). The van der Waals surface area contributed by atoms with E-state index in [4.69, 9.17) is 21.1 Å². The third kappa shape index (κ3) is 4.71. The third-order valence-corrected chi connectivity index (χ3v) is 4.89. The molecule has 2 aromatic rings. The maximum Gasteiger partial charge on any atom is 0.338 e. The number of aryl methyl sites for hydroxylation is 1. The molecule has 29 heavy (non-hydrogen) atoms. The largest absolute Gasteiger partial charge is 0.487 e. The zero-order chi connectivity index (χ0) is 21.0. The summed E-state index contributed by atoms with van der Waals surface area (Å²) in [7, 11) is 1.59. The molecule has 1 N–H and O–H groups in total. The summed E-state index contributed by atoms with van der Waals surface area (Å²) in [6.07, 6.45) is 0. The molecule has 0 saturated heterocycles. The number of ether oxygens (including phenoxy) is 2. The summed E-state index contributed by atoms with van der Waals surface area (Å²) in [6, 6.07) is 13.6. The molecular formula is C22H23ClN2O4. The lowest BCUT2D eigenvalue weighted by molar-refractivity contribution is -0.139. The van der Waals surface area contributed by atoms with Crippen LogP contribution in [0.3, 0.4) is 0 Å². The summed E-state index contributed by atoms with van der Waals surface area (Å²) >= 11 is 6.13. The topological polar surface area (TPSA) is 67.9 Å². The van der Waals surface area contributed by atoms with Crippen molar-refractivity contribution in [3.8, 4) is 5.75 Å². The average molecular weight is 415 g/mol. The van der Waals surface area contributed by atoms with Crippen LogP contribution >= 0.6 is 11.6 Å². The minimum atomic E-state index is -0.687. The second-order valence-electron chi connectivity index (χ2n) is 6.68. The maximum absolute atomic E-state index is 12.8. The van der Waals surface area contributed by atoms with Gasteiger partial charge in [0, 0.05) is 12.1 Å². The standard InChI is InChI=1S/C22H23ClN2O4/c1-4-28-21(26)19-18(13-29-17-10-8-14(2)9-11-17)25(3)22(27)24-20(19)15-6-5-7-16(23)12-15/h5-12,20H,4,13H2,1-3H3,(H,24,27). The summed E-state index contributed by atoms with van der Waals surface area (Å²) in [5.41, 5.74) is 2.56. The fourth-order valence-corrected chi connectivity index (χ4v) is 3.30. The first-order valence-corrected chi connectivity index (χ1v) is 9.67. The Morgan fingerprint density at radius 3 is 2.59 bits per heavy atom. The van der Waals surface area contributed by atoms with Gasteiger partial charge in [0.2, 0.25) is 0 Å². The van der Waals surface area contributed by atoms with Gasteiger partial charge >= 0.3 is 12.0 Å². The molecule has 1 heterocycles. The Balaban J connectivity index is 2.02. The van der Waals surface area contributed by atoms with E-state index in [0.29, 0.717) is 27.6 Å². The molecule has 7 heteroatoms. The van der Waals surface area contributed by atoms with Crippen LogP contribution in [0, 0.1) is 6.92 Å². The lowest BCUT2D eigenvalue weighted by Gasteiger charge is -2.34. The molecular weight excluding hydrogens is 392 g/mol. The van der Waals surface area contributed by atoms with Gasteiger partial charge in [0.05, 0.1) is 23.9 Å². The second-order valence-corrected chi connectivity index (χ2v) is 7.12. The zero-order valence-corrected chi connectivity index (χ0v) is 17.3. The molecule has 0 saturated carbocycles. The number of likely N-dealkylation sites (N-methyl/N-ethyl adjacent to an activating group) is 1. The van der Waals surface area contributed by atoms with E-state index in [1.807, 2.05) is 31.2 Å². The van der Waals surface area contributed by atoms with Crippen molar-refractivity contribution in [3.63, 3.8) is 0 Å². The summed E-state index contributed by atoms with van der Waals surface area (Å²) < 4.78 is 11.2. The van der Waals surface area contributed by atoms with Gasteiger partial charge in [-0.05, 0) is 43.7 Å². The van der Waals surface area contributed by atoms with E-state index in [9.17, 15) is 9.59 Å². The number of urea groups is 1. The average Bonchev–Trinajstić information content (AvgIpc) is 2.70. The van der Waals surface area contributed by atoms with E-state index in [1.165, 1.54) is 4.90 Å². The lowest BCUT2D eigenvalue weighted by atomic mass is 9.95. The minimum Gasteiger partial charge on any atom is -0.487 e. The monoisotopic (exact) mass is 414 g/mol. The number of nitrogens with zero attached hydrogens (tertiary/aromatic N) is 1. The number of hydrogen-bond acceptors (Lipinski definition) is 4. The summed E-state index contributed by atoms with van der Waals surface area (Å²) in [6.45, 7) is 3.98. The predicted molar refractivity (Wildman–Crippen MR) is 111 cm³/mol. The lowest BCUT2D eigenvalue weighted by Crippen LogP contribution is -2.48. The Morgan fingerprint density at radius 1 is 1.21 bits per heavy atom. The highest BCUT2D eigenvalue weighted by molar-refractivity contribution is 6.30. The number of nitrogens with one attached hydrogen (secondary N) is 1. The smallest absolute Gasteiger partial charge is 0.338 e. The molecule has 1 atom stereocenters. The van der Waals surface area contributed by atoms with Crippen molar-refractivity contribution < 1.29 is 19.1 Å². The number of benzene rings is 2. The summed E-state index contributed by atoms with van der Waals surface area (Å²) in [4.78, 5) is 26.8. The first-order chi connectivity index (χ1) is 13.9. The highest BCUT2D eigenvalue weighted by atomic mass is 35.5. The fraction of sp³-hybridized carbons (Fsp3) is 0.273. The van der Waals surface area contributed by atoms with Crippen LogP contribution in [0.5, 0.6) is 5.75 Å². The Kier molecular flexibility index (Phi) is 6.44. The molecule has 152 valence electrons. The van der Waals surface area contributed by atoms with Crippen molar-refractivity contribution >= 4 is 23.6 Å². The van der Waals surface area contributed by atoms with Crippen LogP contribution < -0.4 is 10.1 Å². The normalized spacial score (nSPS) is 16.5. The molecule has 0 bridgehead atoms. The van der Waals surface area contributed by atoms with Gasteiger partial charge < -0.3 is 14.8 Å². The molecule has 2 amide bonds. The Labute approximate surface area is 175 Å². The Morgan fingerprint density at radius 2 is 1.93 bits per heavy atom. The van der Waals surface area contributed by atoms with Gasteiger partial charge in [-0.2, -0.15) is 0 Å². The first kappa shape index (κ1) is 20.7. The van der Waals surface area contributed by atoms with Crippen LogP contribution in [0.1, 0.15) is 24.1 Å². The van der Waals surface area contributed by atoms with Crippen molar-refractivity contribution in [2.24, 2.45) is 0 Å². The van der Waals surface area contributed by atoms with Crippen LogP contribution in [-0.4, -0.2) is 37.2 Å². The van der Waals surface area contributed by atoms with Crippen molar-refractivity contribution in [3.05, 3.63) is 76.0 Å². The number of amides is 2. The summed E-state index contributed by atoms with van der Waals surface area (Å²) in [5.74, 6) is 0.136. The van der Waals surface area contributed by atoms with Gasteiger partial charge in [-0.15, -0.1) is 0 Å². The van der Waals surface area contributed by atoms with E-state index in [0.717, 1.165) is 5.56 Å². The second kappa shape index (κ2) is 9.01. The Bertz CT molecular complexity index is 940. The number of halogens is 1. The van der Waals surface area contributed by atoms with Gasteiger partial charge in [0.15, 0.2) is 0 Å². The van der Waals surface area contributed by atoms with Crippen LogP contribution in [-0.2, 0) is 9.53 Å². The highest BCUT2D eigenvalue weighted by Gasteiger charge is 2.37. The van der Waals surface area contributed by atoms with Crippen LogP contribution in [0.15, 0.2) is 59.8 Å². The Hall–Kier alpha value is -2.99. The summed E-state index contributed by atoms with van der Waals surface area (Å²) in [5, 5.41) is 3.36. The molecule has 0 aromatic heterocycles. The maximum atomic E-state index is 12.8. The molecule has 6 nitrogen and oxygen atoms in total. The van der Waals surface area contributed by atoms with Gasteiger partial charge in [-0.3, -0.25) is 4.90 Å². The van der Waals surface area contributed by atoms with E-state index < -0.39 is 12.0 Å². The predicted octanol–water partition coefficient (Wildman–Crippen LogP) is 4.24. The van der Waals surface area contributed by atoms with E-state index in [2.05, 4.69) is 5.32 Å². The minimum absolute atomic E-state index is 0.0399. The molecule has 0 aliphatic carbocycles. The van der Waals surface area contributed by atoms with E-state index in [1.54, 1.807) is 38.2 Å².